The first-order valence-electron chi connectivity index (χ1n) is 3.78. The zero-order valence-electron chi connectivity index (χ0n) is 7.47. The van der Waals surface area contributed by atoms with Crippen LogP contribution in [0.4, 0.5) is 4.39 Å². The molecular weight excluding hydrogens is 173 g/mol. The lowest BCUT2D eigenvalue weighted by atomic mass is 10.3. The molecule has 1 nitrogen and oxygen atoms in total. The first-order valence-corrected chi connectivity index (χ1v) is 4.59. The van der Waals surface area contributed by atoms with Gasteiger partial charge in [-0.2, -0.15) is 4.39 Å². The average molecular weight is 185 g/mol. The fourth-order valence-electron chi connectivity index (χ4n) is 0.802. The number of nitrogens with zero attached hydrogens (tertiary/aromatic N) is 1. The van der Waals surface area contributed by atoms with E-state index in [0.717, 1.165) is 4.90 Å². The molecular formula is C9H12FNS. The third-order valence-corrected chi connectivity index (χ3v) is 2.22. The number of halogens is 1. The fraction of sp³-hybridized carbons (Fsp3) is 0.444. The predicted octanol–water partition coefficient (Wildman–Crippen LogP) is 3.11. The molecule has 1 aromatic heterocycles. The average Bonchev–Trinajstić information content (AvgIpc) is 1.82. The Morgan fingerprint density at radius 2 is 2.08 bits per heavy atom. The van der Waals surface area contributed by atoms with Crippen LogP contribution in [0.3, 0.4) is 0 Å². The van der Waals surface area contributed by atoms with E-state index in [0.29, 0.717) is 0 Å². The summed E-state index contributed by atoms with van der Waals surface area (Å²) in [6.07, 6.45) is 1.49. The van der Waals surface area contributed by atoms with E-state index < -0.39 is 5.95 Å². The maximum absolute atomic E-state index is 12.6. The first-order chi connectivity index (χ1) is 5.47. The van der Waals surface area contributed by atoms with Crippen LogP contribution < -0.4 is 0 Å². The smallest absolute Gasteiger partial charge is 0.213 e. The Hall–Kier alpha value is -0.570. The number of rotatable bonds is 1. The maximum Gasteiger partial charge on any atom is 0.213 e. The molecule has 0 N–H and O–H groups in total. The highest BCUT2D eigenvalue weighted by molar-refractivity contribution is 8.00. The van der Waals surface area contributed by atoms with Gasteiger partial charge in [-0.1, -0.05) is 20.8 Å². The van der Waals surface area contributed by atoms with Crippen LogP contribution in [0, 0.1) is 5.95 Å². The number of hydrogen-bond acceptors (Lipinski definition) is 2. The van der Waals surface area contributed by atoms with E-state index in [1.54, 1.807) is 11.8 Å². The van der Waals surface area contributed by atoms with Gasteiger partial charge in [0.2, 0.25) is 5.95 Å². The van der Waals surface area contributed by atoms with E-state index in [2.05, 4.69) is 25.8 Å². The molecule has 1 aromatic rings. The molecule has 1 heterocycles. The Morgan fingerprint density at radius 1 is 1.42 bits per heavy atom. The molecule has 1 rings (SSSR count). The third kappa shape index (κ3) is 3.22. The maximum atomic E-state index is 12.6. The summed E-state index contributed by atoms with van der Waals surface area (Å²) in [6.45, 7) is 6.28. The van der Waals surface area contributed by atoms with Crippen molar-refractivity contribution in [3.05, 3.63) is 24.3 Å². The summed E-state index contributed by atoms with van der Waals surface area (Å²) in [7, 11) is 0. The lowest BCUT2D eigenvalue weighted by Gasteiger charge is -2.16. The molecule has 0 aliphatic rings. The zero-order chi connectivity index (χ0) is 9.19. The van der Waals surface area contributed by atoms with Gasteiger partial charge in [-0.05, 0) is 6.07 Å². The molecule has 12 heavy (non-hydrogen) atoms. The predicted molar refractivity (Wildman–Crippen MR) is 49.8 cm³/mol. The summed E-state index contributed by atoms with van der Waals surface area (Å²) < 4.78 is 12.7. The summed E-state index contributed by atoms with van der Waals surface area (Å²) in [4.78, 5) is 4.42. The van der Waals surface area contributed by atoms with Gasteiger partial charge < -0.3 is 0 Å². The quantitative estimate of drug-likeness (QED) is 0.492. The summed E-state index contributed by atoms with van der Waals surface area (Å²) in [6, 6.07) is 3.27. The van der Waals surface area contributed by atoms with Crippen LogP contribution in [0.25, 0.3) is 0 Å². The second-order valence-electron chi connectivity index (χ2n) is 3.53. The Bertz CT molecular complexity index is 267. The number of thioether (sulfide) groups is 1. The van der Waals surface area contributed by atoms with E-state index in [9.17, 15) is 4.39 Å². The Morgan fingerprint density at radius 3 is 2.58 bits per heavy atom. The van der Waals surface area contributed by atoms with Gasteiger partial charge in [-0.25, -0.2) is 4.98 Å². The van der Waals surface area contributed by atoms with Gasteiger partial charge in [-0.3, -0.25) is 0 Å². The van der Waals surface area contributed by atoms with Crippen molar-refractivity contribution in [1.82, 2.24) is 4.98 Å². The molecule has 0 atom stereocenters. The molecule has 0 unspecified atom stereocenters. The van der Waals surface area contributed by atoms with Gasteiger partial charge in [0.1, 0.15) is 0 Å². The van der Waals surface area contributed by atoms with Crippen molar-refractivity contribution in [3.63, 3.8) is 0 Å². The summed E-state index contributed by atoms with van der Waals surface area (Å²) in [5.74, 6) is -0.413. The van der Waals surface area contributed by atoms with Crippen LogP contribution in [0.5, 0.6) is 0 Å². The number of aromatic nitrogens is 1. The van der Waals surface area contributed by atoms with E-state index in [4.69, 9.17) is 0 Å². The Balaban J connectivity index is 2.77. The number of pyridine rings is 1. The minimum atomic E-state index is -0.413. The van der Waals surface area contributed by atoms with E-state index in [-0.39, 0.29) is 4.75 Å². The zero-order valence-corrected chi connectivity index (χ0v) is 8.28. The molecule has 0 spiro atoms. The number of hydrogen-bond donors (Lipinski definition) is 0. The Labute approximate surface area is 76.4 Å². The minimum absolute atomic E-state index is 0.119. The standard InChI is InChI=1S/C9H12FNS/c1-9(2,3)12-7-4-5-11-8(10)6-7/h4-6H,1-3H3. The van der Waals surface area contributed by atoms with Crippen molar-refractivity contribution in [3.8, 4) is 0 Å². The van der Waals surface area contributed by atoms with E-state index in [1.165, 1.54) is 12.3 Å². The van der Waals surface area contributed by atoms with Crippen LogP contribution >= 0.6 is 11.8 Å². The van der Waals surface area contributed by atoms with Gasteiger partial charge in [0.05, 0.1) is 0 Å². The van der Waals surface area contributed by atoms with Crippen molar-refractivity contribution < 1.29 is 4.39 Å². The second-order valence-corrected chi connectivity index (χ2v) is 5.43. The van der Waals surface area contributed by atoms with Crippen molar-refractivity contribution in [1.29, 1.82) is 0 Å². The van der Waals surface area contributed by atoms with Gasteiger partial charge in [0.15, 0.2) is 0 Å². The molecule has 0 aliphatic heterocycles. The highest BCUT2D eigenvalue weighted by Crippen LogP contribution is 2.31. The van der Waals surface area contributed by atoms with Crippen molar-refractivity contribution in [2.75, 3.05) is 0 Å². The lowest BCUT2D eigenvalue weighted by molar-refractivity contribution is 0.579. The highest BCUT2D eigenvalue weighted by atomic mass is 32.2. The van der Waals surface area contributed by atoms with Gasteiger partial charge >= 0.3 is 0 Å². The second kappa shape index (κ2) is 3.44. The van der Waals surface area contributed by atoms with Gasteiger partial charge in [-0.15, -0.1) is 11.8 Å². The molecule has 3 heteroatoms. The van der Waals surface area contributed by atoms with Crippen LogP contribution in [-0.2, 0) is 0 Å². The summed E-state index contributed by atoms with van der Waals surface area (Å²) in [5.41, 5.74) is 0. The summed E-state index contributed by atoms with van der Waals surface area (Å²) >= 11 is 1.63. The molecule has 0 aliphatic carbocycles. The molecule has 0 aromatic carbocycles. The molecule has 0 bridgehead atoms. The van der Waals surface area contributed by atoms with Crippen LogP contribution in [-0.4, -0.2) is 9.73 Å². The fourth-order valence-corrected chi connectivity index (χ4v) is 1.79. The minimum Gasteiger partial charge on any atom is -0.228 e. The van der Waals surface area contributed by atoms with Crippen molar-refractivity contribution in [2.45, 2.75) is 30.4 Å². The molecule has 0 amide bonds. The van der Waals surface area contributed by atoms with Crippen LogP contribution in [0.1, 0.15) is 20.8 Å². The SMILES string of the molecule is CC(C)(C)Sc1ccnc(F)c1. The summed E-state index contributed by atoms with van der Waals surface area (Å²) in [5, 5.41) is 0. The Kier molecular flexibility index (Phi) is 2.73. The van der Waals surface area contributed by atoms with Crippen molar-refractivity contribution >= 4 is 11.8 Å². The topological polar surface area (TPSA) is 12.9 Å². The molecule has 0 saturated heterocycles. The third-order valence-electron chi connectivity index (χ3n) is 1.12. The largest absolute Gasteiger partial charge is 0.228 e. The van der Waals surface area contributed by atoms with Crippen LogP contribution in [0.15, 0.2) is 23.2 Å². The molecule has 66 valence electrons. The van der Waals surface area contributed by atoms with Gasteiger partial charge in [0.25, 0.3) is 0 Å². The van der Waals surface area contributed by atoms with Gasteiger partial charge in [0, 0.05) is 21.9 Å². The molecule has 0 saturated carbocycles. The van der Waals surface area contributed by atoms with Crippen LogP contribution in [0.2, 0.25) is 0 Å². The normalized spacial score (nSPS) is 11.7. The lowest BCUT2D eigenvalue weighted by Crippen LogP contribution is -2.06. The highest BCUT2D eigenvalue weighted by Gasteiger charge is 2.12. The molecule has 0 radical (unpaired) electrons. The van der Waals surface area contributed by atoms with E-state index in [1.807, 2.05) is 6.07 Å². The molecule has 0 fully saturated rings. The first kappa shape index (κ1) is 9.52. The monoisotopic (exact) mass is 185 g/mol. The van der Waals surface area contributed by atoms with Crippen molar-refractivity contribution in [2.24, 2.45) is 0 Å². The van der Waals surface area contributed by atoms with E-state index >= 15 is 0 Å².